The number of rotatable bonds is 4. The van der Waals surface area contributed by atoms with Crippen molar-refractivity contribution in [2.45, 2.75) is 25.2 Å². The topological polar surface area (TPSA) is 66.5 Å². The summed E-state index contributed by atoms with van der Waals surface area (Å²) >= 11 is 0. The number of carbonyl (C=O) groups excluding carboxylic acids is 1. The smallest absolute Gasteiger partial charge is 0.255 e. The Kier molecular flexibility index (Phi) is 6.00. The molecule has 0 aromatic heterocycles. The van der Waals surface area contributed by atoms with Crippen LogP contribution < -0.4 is 5.32 Å². The Morgan fingerprint density at radius 2 is 1.55 bits per heavy atom. The van der Waals surface area contributed by atoms with Crippen molar-refractivity contribution in [3.8, 4) is 0 Å². The fourth-order valence-corrected chi connectivity index (χ4v) is 5.23. The number of benzene rings is 2. The summed E-state index contributed by atoms with van der Waals surface area (Å²) < 4.78 is 67.2. The van der Waals surface area contributed by atoms with Crippen LogP contribution in [-0.2, 0) is 10.0 Å². The molecule has 156 valence electrons. The van der Waals surface area contributed by atoms with Crippen molar-refractivity contribution in [1.82, 2.24) is 4.31 Å². The molecule has 0 bridgehead atoms. The van der Waals surface area contributed by atoms with E-state index in [-0.39, 0.29) is 22.3 Å². The lowest BCUT2D eigenvalue weighted by Crippen LogP contribution is -2.42. The molecule has 2 atom stereocenters. The van der Waals surface area contributed by atoms with Gasteiger partial charge in [-0.15, -0.1) is 0 Å². The Morgan fingerprint density at radius 3 is 2.14 bits per heavy atom. The van der Waals surface area contributed by atoms with Crippen LogP contribution in [0.1, 0.15) is 30.6 Å². The highest BCUT2D eigenvalue weighted by Crippen LogP contribution is 2.27. The lowest BCUT2D eigenvalue weighted by molar-refractivity contribution is 0.102. The third kappa shape index (κ3) is 4.45. The van der Waals surface area contributed by atoms with Gasteiger partial charge in [-0.05, 0) is 54.7 Å². The standard InChI is InChI=1S/C20H21F3N2O3S/c1-12-9-13(2)11-25(10-12)29(27,28)15-5-3-14(4-6-15)20(26)24-17-8-7-16(21)18(22)19(17)23/h3-8,12-13H,9-11H2,1-2H3,(H,24,26). The largest absolute Gasteiger partial charge is 0.319 e. The maximum atomic E-state index is 13.7. The number of halogens is 3. The fourth-order valence-electron chi connectivity index (χ4n) is 3.55. The van der Waals surface area contributed by atoms with Crippen molar-refractivity contribution < 1.29 is 26.4 Å². The zero-order chi connectivity index (χ0) is 21.3. The van der Waals surface area contributed by atoms with Gasteiger partial charge >= 0.3 is 0 Å². The number of hydrogen-bond donors (Lipinski definition) is 1. The van der Waals surface area contributed by atoms with E-state index in [1.807, 2.05) is 13.8 Å². The monoisotopic (exact) mass is 426 g/mol. The van der Waals surface area contributed by atoms with E-state index in [9.17, 15) is 26.4 Å². The highest BCUT2D eigenvalue weighted by molar-refractivity contribution is 7.89. The van der Waals surface area contributed by atoms with Crippen LogP contribution in [0, 0.1) is 29.3 Å². The van der Waals surface area contributed by atoms with Gasteiger partial charge in [0.25, 0.3) is 5.91 Å². The molecule has 5 nitrogen and oxygen atoms in total. The second-order valence-corrected chi connectivity index (χ2v) is 9.41. The number of carbonyl (C=O) groups is 1. The van der Waals surface area contributed by atoms with E-state index in [0.29, 0.717) is 19.2 Å². The van der Waals surface area contributed by atoms with E-state index >= 15 is 0 Å². The number of hydrogen-bond acceptors (Lipinski definition) is 3. The van der Waals surface area contributed by atoms with Crippen LogP contribution in [0.4, 0.5) is 18.9 Å². The molecule has 2 aromatic carbocycles. The third-order valence-electron chi connectivity index (χ3n) is 4.87. The lowest BCUT2D eigenvalue weighted by atomic mass is 9.94. The quantitative estimate of drug-likeness (QED) is 0.751. The molecule has 29 heavy (non-hydrogen) atoms. The number of sulfonamides is 1. The number of piperidine rings is 1. The zero-order valence-corrected chi connectivity index (χ0v) is 16.8. The van der Waals surface area contributed by atoms with Gasteiger partial charge < -0.3 is 5.32 Å². The predicted molar refractivity (Wildman–Crippen MR) is 102 cm³/mol. The minimum atomic E-state index is -3.70. The third-order valence-corrected chi connectivity index (χ3v) is 6.72. The summed E-state index contributed by atoms with van der Waals surface area (Å²) in [5.41, 5.74) is -0.463. The molecule has 1 aliphatic rings. The molecular weight excluding hydrogens is 405 g/mol. The Morgan fingerprint density at radius 1 is 0.966 bits per heavy atom. The molecule has 0 radical (unpaired) electrons. The van der Waals surface area contributed by atoms with E-state index in [1.165, 1.54) is 28.6 Å². The van der Waals surface area contributed by atoms with E-state index in [2.05, 4.69) is 5.32 Å². The van der Waals surface area contributed by atoms with Gasteiger partial charge in [0, 0.05) is 18.7 Å². The van der Waals surface area contributed by atoms with Crippen LogP contribution in [0.25, 0.3) is 0 Å². The minimum Gasteiger partial charge on any atom is -0.319 e. The van der Waals surface area contributed by atoms with Crippen LogP contribution in [0.15, 0.2) is 41.3 Å². The van der Waals surface area contributed by atoms with E-state index in [1.54, 1.807) is 0 Å². The lowest BCUT2D eigenvalue weighted by Gasteiger charge is -2.34. The van der Waals surface area contributed by atoms with Gasteiger partial charge in [-0.25, -0.2) is 21.6 Å². The number of amides is 1. The maximum absolute atomic E-state index is 13.7. The molecule has 0 aliphatic carbocycles. The van der Waals surface area contributed by atoms with Crippen molar-refractivity contribution in [3.05, 3.63) is 59.4 Å². The number of nitrogens with one attached hydrogen (secondary N) is 1. The van der Waals surface area contributed by atoms with E-state index in [4.69, 9.17) is 0 Å². The summed E-state index contributed by atoms with van der Waals surface area (Å²) in [7, 11) is -3.70. The second-order valence-electron chi connectivity index (χ2n) is 7.47. The summed E-state index contributed by atoms with van der Waals surface area (Å²) in [5, 5.41) is 2.15. The number of anilines is 1. The molecule has 1 aliphatic heterocycles. The first-order valence-electron chi connectivity index (χ1n) is 9.14. The van der Waals surface area contributed by atoms with Crippen molar-refractivity contribution in [1.29, 1.82) is 0 Å². The Bertz CT molecular complexity index is 1020. The first kappa shape index (κ1) is 21.3. The molecule has 0 spiro atoms. The van der Waals surface area contributed by atoms with Gasteiger partial charge in [0.15, 0.2) is 17.5 Å². The summed E-state index contributed by atoms with van der Waals surface area (Å²) in [5.74, 6) is -4.83. The first-order valence-corrected chi connectivity index (χ1v) is 10.6. The molecule has 2 aromatic rings. The minimum absolute atomic E-state index is 0.0495. The van der Waals surface area contributed by atoms with E-state index in [0.717, 1.165) is 12.5 Å². The van der Waals surface area contributed by atoms with Gasteiger partial charge in [-0.1, -0.05) is 13.8 Å². The van der Waals surface area contributed by atoms with Crippen molar-refractivity contribution in [2.75, 3.05) is 18.4 Å². The molecule has 9 heteroatoms. The molecule has 1 heterocycles. The van der Waals surface area contributed by atoms with Gasteiger partial charge in [-0.3, -0.25) is 4.79 Å². The molecule has 2 unspecified atom stereocenters. The summed E-state index contributed by atoms with van der Waals surface area (Å²) in [4.78, 5) is 12.3. The second kappa shape index (κ2) is 8.16. The normalized spacial score (nSPS) is 20.4. The number of nitrogens with zero attached hydrogens (tertiary/aromatic N) is 1. The predicted octanol–water partition coefficient (Wildman–Crippen LogP) is 4.02. The molecule has 0 saturated carbocycles. The van der Waals surface area contributed by atoms with Crippen LogP contribution in [0.2, 0.25) is 0 Å². The maximum Gasteiger partial charge on any atom is 0.255 e. The molecular formula is C20H21F3N2O3S. The van der Waals surface area contributed by atoms with Gasteiger partial charge in [0.1, 0.15) is 0 Å². The van der Waals surface area contributed by atoms with Gasteiger partial charge in [-0.2, -0.15) is 4.31 Å². The summed E-state index contributed by atoms with van der Waals surface area (Å²) in [6.07, 6.45) is 0.964. The SMILES string of the molecule is CC1CC(C)CN(S(=O)(=O)c2ccc(C(=O)Nc3ccc(F)c(F)c3F)cc2)C1. The molecule has 1 fully saturated rings. The van der Waals surface area contributed by atoms with Gasteiger partial charge in [0.2, 0.25) is 10.0 Å². The highest BCUT2D eigenvalue weighted by atomic mass is 32.2. The molecule has 1 N–H and O–H groups in total. The van der Waals surface area contributed by atoms with Gasteiger partial charge in [0.05, 0.1) is 10.6 Å². The average Bonchev–Trinajstić information content (AvgIpc) is 2.67. The van der Waals surface area contributed by atoms with Crippen LogP contribution in [0.5, 0.6) is 0 Å². The Hall–Kier alpha value is -2.39. The highest BCUT2D eigenvalue weighted by Gasteiger charge is 2.31. The van der Waals surface area contributed by atoms with Crippen molar-refractivity contribution in [3.63, 3.8) is 0 Å². The van der Waals surface area contributed by atoms with E-state index < -0.39 is 39.1 Å². The Balaban J connectivity index is 1.77. The first-order chi connectivity index (χ1) is 13.6. The van der Waals surface area contributed by atoms with Crippen LogP contribution in [0.3, 0.4) is 0 Å². The molecule has 1 saturated heterocycles. The van der Waals surface area contributed by atoms with Crippen LogP contribution in [-0.4, -0.2) is 31.7 Å². The molecule has 3 rings (SSSR count). The Labute approximate surface area is 167 Å². The average molecular weight is 426 g/mol. The summed E-state index contributed by atoms with van der Waals surface area (Å²) in [6, 6.07) is 6.78. The van der Waals surface area contributed by atoms with Crippen molar-refractivity contribution in [2.24, 2.45) is 11.8 Å². The van der Waals surface area contributed by atoms with Crippen LogP contribution >= 0.6 is 0 Å². The molecule has 1 amide bonds. The summed E-state index contributed by atoms with van der Waals surface area (Å²) in [6.45, 7) is 4.88. The fraction of sp³-hybridized carbons (Fsp3) is 0.350. The van der Waals surface area contributed by atoms with Crippen molar-refractivity contribution >= 4 is 21.6 Å². The zero-order valence-electron chi connectivity index (χ0n) is 16.0.